The minimum absolute atomic E-state index is 0.0901. The second-order valence-corrected chi connectivity index (χ2v) is 6.39. The zero-order chi connectivity index (χ0) is 20.0. The summed E-state index contributed by atoms with van der Waals surface area (Å²) in [6.07, 6.45) is -6.55. The lowest BCUT2D eigenvalue weighted by molar-refractivity contribution is -0.383. The van der Waals surface area contributed by atoms with Crippen LogP contribution in [-0.4, -0.2) is 21.4 Å². The summed E-state index contributed by atoms with van der Waals surface area (Å²) in [5.74, 6) is -1.06. The molecule has 148 valence electrons. The number of alkyl halides is 6. The third-order valence-corrected chi connectivity index (χ3v) is 4.31. The van der Waals surface area contributed by atoms with E-state index in [1.54, 1.807) is 4.98 Å². The molecule has 1 fully saturated rings. The zero-order valence-electron chi connectivity index (χ0n) is 13.7. The summed E-state index contributed by atoms with van der Waals surface area (Å²) in [5, 5.41) is 13.6. The molecule has 0 aliphatic heterocycles. The van der Waals surface area contributed by atoms with Crippen LogP contribution in [-0.2, 0) is 12.4 Å². The molecular formula is C15H14F6N4O2. The van der Waals surface area contributed by atoms with E-state index in [0.29, 0.717) is 12.3 Å². The van der Waals surface area contributed by atoms with Gasteiger partial charge in [-0.15, -0.1) is 0 Å². The lowest BCUT2D eigenvalue weighted by Gasteiger charge is -2.15. The highest BCUT2D eigenvalue weighted by molar-refractivity contribution is 5.96. The molecule has 3 rings (SSSR count). The van der Waals surface area contributed by atoms with E-state index in [2.05, 4.69) is 10.3 Å². The Morgan fingerprint density at radius 3 is 2.41 bits per heavy atom. The molecule has 12 heteroatoms. The first-order chi connectivity index (χ1) is 12.5. The molecule has 2 N–H and O–H groups in total. The van der Waals surface area contributed by atoms with Gasteiger partial charge in [0.15, 0.2) is 5.52 Å². The average molecular weight is 396 g/mol. The topological polar surface area (TPSA) is 83.9 Å². The standard InChI is InChI=1S/C15H14F6N4O2/c16-14(17,18)8-6-9(25(26)27)11-12(24-13(23-11)15(19,20)21)10(8)22-5-1-2-7-3-4-7/h6-7,22H,1-5H2,(H,23,24). The summed E-state index contributed by atoms with van der Waals surface area (Å²) in [4.78, 5) is 14.8. The van der Waals surface area contributed by atoms with Gasteiger partial charge in [-0.2, -0.15) is 26.3 Å². The van der Waals surface area contributed by atoms with Crippen molar-refractivity contribution in [2.45, 2.75) is 38.0 Å². The second kappa shape index (κ2) is 6.57. The number of aromatic nitrogens is 2. The van der Waals surface area contributed by atoms with E-state index < -0.39 is 51.1 Å². The number of imidazole rings is 1. The maximum Gasteiger partial charge on any atom is 0.449 e. The summed E-state index contributed by atoms with van der Waals surface area (Å²) in [5.41, 5.74) is -4.68. The Morgan fingerprint density at radius 1 is 1.22 bits per heavy atom. The highest BCUT2D eigenvalue weighted by atomic mass is 19.4. The van der Waals surface area contributed by atoms with Crippen molar-refractivity contribution in [1.82, 2.24) is 9.97 Å². The van der Waals surface area contributed by atoms with Crippen LogP contribution in [0.5, 0.6) is 0 Å². The second-order valence-electron chi connectivity index (χ2n) is 6.39. The molecule has 27 heavy (non-hydrogen) atoms. The molecule has 1 aliphatic rings. The normalized spacial score (nSPS) is 15.3. The van der Waals surface area contributed by atoms with Gasteiger partial charge in [-0.05, 0) is 18.8 Å². The van der Waals surface area contributed by atoms with Gasteiger partial charge in [-0.3, -0.25) is 10.1 Å². The van der Waals surface area contributed by atoms with Gasteiger partial charge in [0.1, 0.15) is 0 Å². The van der Waals surface area contributed by atoms with Gasteiger partial charge in [-0.25, -0.2) is 4.98 Å². The Labute approximate surface area is 148 Å². The molecule has 6 nitrogen and oxygen atoms in total. The molecule has 0 radical (unpaired) electrons. The van der Waals surface area contributed by atoms with Crippen molar-refractivity contribution in [3.63, 3.8) is 0 Å². The zero-order valence-corrected chi connectivity index (χ0v) is 13.7. The van der Waals surface area contributed by atoms with E-state index in [4.69, 9.17) is 0 Å². The summed E-state index contributed by atoms with van der Waals surface area (Å²) in [6.45, 7) is 0.0901. The van der Waals surface area contributed by atoms with E-state index >= 15 is 0 Å². The molecule has 0 bridgehead atoms. The molecular weight excluding hydrogens is 382 g/mol. The van der Waals surface area contributed by atoms with E-state index in [1.807, 2.05) is 0 Å². The van der Waals surface area contributed by atoms with Crippen LogP contribution >= 0.6 is 0 Å². The smallest absolute Gasteiger partial charge is 0.383 e. The van der Waals surface area contributed by atoms with Gasteiger partial charge < -0.3 is 10.3 Å². The van der Waals surface area contributed by atoms with Crippen molar-refractivity contribution in [1.29, 1.82) is 0 Å². The van der Waals surface area contributed by atoms with Crippen LogP contribution in [0.15, 0.2) is 6.07 Å². The SMILES string of the molecule is O=[N+]([O-])c1cc(C(F)(F)F)c(NCCCC2CC2)c2[nH]c(C(F)(F)F)nc12. The maximum atomic E-state index is 13.4. The van der Waals surface area contributed by atoms with Crippen LogP contribution in [0, 0.1) is 16.0 Å². The molecule has 1 heterocycles. The Kier molecular flexibility index (Phi) is 4.68. The number of rotatable bonds is 6. The van der Waals surface area contributed by atoms with Crippen LogP contribution in [0.25, 0.3) is 11.0 Å². The van der Waals surface area contributed by atoms with Crippen LogP contribution in [0.4, 0.5) is 37.7 Å². The summed E-state index contributed by atoms with van der Waals surface area (Å²) in [6, 6.07) is 0.215. The first-order valence-electron chi connectivity index (χ1n) is 8.08. The number of nitro benzene ring substituents is 1. The molecule has 0 unspecified atom stereocenters. The molecule has 0 amide bonds. The van der Waals surface area contributed by atoms with Crippen molar-refractivity contribution >= 4 is 22.4 Å². The number of nitro groups is 1. The molecule has 1 aromatic carbocycles. The Hall–Kier alpha value is -2.53. The minimum atomic E-state index is -5.00. The Bertz CT molecular complexity index is 870. The van der Waals surface area contributed by atoms with Gasteiger partial charge in [0.25, 0.3) is 5.69 Å². The van der Waals surface area contributed by atoms with Crippen LogP contribution in [0.2, 0.25) is 0 Å². The van der Waals surface area contributed by atoms with Crippen LogP contribution in [0.1, 0.15) is 37.1 Å². The fraction of sp³-hybridized carbons (Fsp3) is 0.533. The molecule has 1 saturated carbocycles. The highest BCUT2D eigenvalue weighted by Gasteiger charge is 2.41. The molecule has 0 spiro atoms. The fourth-order valence-corrected chi connectivity index (χ4v) is 2.84. The van der Waals surface area contributed by atoms with Crippen molar-refractivity contribution in [2.75, 3.05) is 11.9 Å². The largest absolute Gasteiger partial charge is 0.449 e. The Balaban J connectivity index is 2.10. The summed E-state index contributed by atoms with van der Waals surface area (Å²) >= 11 is 0. The quantitative estimate of drug-likeness (QED) is 0.308. The van der Waals surface area contributed by atoms with E-state index in [0.717, 1.165) is 19.3 Å². The number of halogens is 6. The van der Waals surface area contributed by atoms with Gasteiger partial charge in [0.2, 0.25) is 5.82 Å². The van der Waals surface area contributed by atoms with Gasteiger partial charge in [0, 0.05) is 12.6 Å². The summed E-state index contributed by atoms with van der Waals surface area (Å²) < 4.78 is 78.9. The van der Waals surface area contributed by atoms with E-state index in [9.17, 15) is 36.5 Å². The molecule has 1 aliphatic carbocycles. The number of non-ortho nitro benzene ring substituents is 1. The summed E-state index contributed by atoms with van der Waals surface area (Å²) in [7, 11) is 0. The first kappa shape index (κ1) is 19.2. The number of anilines is 1. The lowest BCUT2D eigenvalue weighted by atomic mass is 10.1. The van der Waals surface area contributed by atoms with E-state index in [-0.39, 0.29) is 12.6 Å². The molecule has 1 aromatic heterocycles. The number of hydrogen-bond donors (Lipinski definition) is 2. The third-order valence-electron chi connectivity index (χ3n) is 4.31. The van der Waals surface area contributed by atoms with Crippen molar-refractivity contribution in [3.8, 4) is 0 Å². The number of H-pyrrole nitrogens is 1. The lowest BCUT2D eigenvalue weighted by Crippen LogP contribution is -2.13. The van der Waals surface area contributed by atoms with Crippen LogP contribution < -0.4 is 5.32 Å². The fourth-order valence-electron chi connectivity index (χ4n) is 2.84. The Morgan fingerprint density at radius 2 is 1.89 bits per heavy atom. The van der Waals surface area contributed by atoms with Crippen molar-refractivity contribution < 1.29 is 31.3 Å². The first-order valence-corrected chi connectivity index (χ1v) is 8.08. The van der Waals surface area contributed by atoms with Gasteiger partial charge in [0.05, 0.1) is 21.7 Å². The number of aromatic amines is 1. The van der Waals surface area contributed by atoms with Gasteiger partial charge >= 0.3 is 12.4 Å². The van der Waals surface area contributed by atoms with Crippen molar-refractivity contribution in [2.24, 2.45) is 5.92 Å². The number of fused-ring (bicyclic) bond motifs is 1. The number of nitrogens with one attached hydrogen (secondary N) is 2. The predicted octanol–water partition coefficient (Wildman–Crippen LogP) is 5.11. The minimum Gasteiger partial charge on any atom is -0.383 e. The number of nitrogens with zero attached hydrogens (tertiary/aromatic N) is 2. The molecule has 2 aromatic rings. The third kappa shape index (κ3) is 4.08. The van der Waals surface area contributed by atoms with Crippen molar-refractivity contribution in [3.05, 3.63) is 27.6 Å². The van der Waals surface area contributed by atoms with Gasteiger partial charge in [-0.1, -0.05) is 12.8 Å². The monoisotopic (exact) mass is 396 g/mol. The predicted molar refractivity (Wildman–Crippen MR) is 83.2 cm³/mol. The molecule has 0 saturated heterocycles. The number of benzene rings is 1. The van der Waals surface area contributed by atoms with E-state index in [1.165, 1.54) is 0 Å². The van der Waals surface area contributed by atoms with Crippen LogP contribution in [0.3, 0.4) is 0 Å². The number of hydrogen-bond acceptors (Lipinski definition) is 4. The average Bonchev–Trinajstić information content (AvgIpc) is 3.23. The molecule has 0 atom stereocenters. The highest BCUT2D eigenvalue weighted by Crippen LogP contribution is 2.43. The maximum absolute atomic E-state index is 13.4.